The first-order chi connectivity index (χ1) is 15.7. The van der Waals surface area contributed by atoms with E-state index in [9.17, 15) is 9.59 Å². The second-order valence-electron chi connectivity index (χ2n) is 9.76. The van der Waals surface area contributed by atoms with E-state index in [0.717, 1.165) is 34.7 Å². The Hall–Kier alpha value is -3.34. The van der Waals surface area contributed by atoms with E-state index in [1.165, 1.54) is 12.7 Å². The van der Waals surface area contributed by atoms with Gasteiger partial charge in [-0.15, -0.1) is 0 Å². The summed E-state index contributed by atoms with van der Waals surface area (Å²) in [4.78, 5) is 26.0. The summed E-state index contributed by atoms with van der Waals surface area (Å²) in [5.74, 6) is -0.0661. The van der Waals surface area contributed by atoms with Gasteiger partial charge in [-0.05, 0) is 48.9 Å². The van der Waals surface area contributed by atoms with Crippen LogP contribution in [0.3, 0.4) is 0 Å². The number of rotatable bonds is 5. The number of Topliss-reactive ketones (excluding diaryl/α,β-unsaturated/α-hetero) is 1. The van der Waals surface area contributed by atoms with E-state index in [2.05, 4.69) is 50.4 Å². The molecule has 2 aliphatic rings. The summed E-state index contributed by atoms with van der Waals surface area (Å²) < 4.78 is 11.0. The lowest BCUT2D eigenvalue weighted by atomic mass is 9.68. The lowest BCUT2D eigenvalue weighted by Crippen LogP contribution is -2.38. The van der Waals surface area contributed by atoms with Crippen LogP contribution in [0.1, 0.15) is 56.2 Å². The first kappa shape index (κ1) is 22.8. The van der Waals surface area contributed by atoms with Crippen molar-refractivity contribution in [2.24, 2.45) is 5.41 Å². The molecule has 0 aromatic heterocycles. The highest BCUT2D eigenvalue weighted by molar-refractivity contribution is 6.04. The molecule has 2 aromatic rings. The van der Waals surface area contributed by atoms with Crippen LogP contribution in [-0.4, -0.2) is 18.9 Å². The van der Waals surface area contributed by atoms with Crippen molar-refractivity contribution in [3.63, 3.8) is 0 Å². The largest absolute Gasteiger partial charge is 0.489 e. The molecule has 1 aliphatic heterocycles. The standard InChI is InChI=1S/C28H31NO4/c1-17-6-8-19(9-7-17)16-33-21-12-10-20(11-13-21)25-24(27(31)32-5)18(2)29-22-14-28(3,4)15-23(30)26(22)25/h6-13,25,29H,14-16H2,1-5H3/t25-/m1/s1. The summed E-state index contributed by atoms with van der Waals surface area (Å²) in [7, 11) is 1.37. The molecule has 172 valence electrons. The summed E-state index contributed by atoms with van der Waals surface area (Å²) in [5.41, 5.74) is 5.86. The molecular formula is C28H31NO4. The van der Waals surface area contributed by atoms with Crippen LogP contribution in [0, 0.1) is 12.3 Å². The molecule has 33 heavy (non-hydrogen) atoms. The predicted molar refractivity (Wildman–Crippen MR) is 128 cm³/mol. The Morgan fingerprint density at radius 1 is 1.03 bits per heavy atom. The second kappa shape index (κ2) is 8.89. The first-order valence-corrected chi connectivity index (χ1v) is 11.3. The Bertz CT molecular complexity index is 1140. The van der Waals surface area contributed by atoms with Gasteiger partial charge in [-0.1, -0.05) is 55.8 Å². The summed E-state index contributed by atoms with van der Waals surface area (Å²) in [6, 6.07) is 15.9. The van der Waals surface area contributed by atoms with E-state index in [1.54, 1.807) is 0 Å². The summed E-state index contributed by atoms with van der Waals surface area (Å²) in [5, 5.41) is 3.34. The molecule has 0 unspecified atom stereocenters. The van der Waals surface area contributed by atoms with E-state index in [0.29, 0.717) is 24.2 Å². The van der Waals surface area contributed by atoms with Crippen LogP contribution in [0.2, 0.25) is 0 Å². The van der Waals surface area contributed by atoms with E-state index in [4.69, 9.17) is 9.47 Å². The van der Waals surface area contributed by atoms with Gasteiger partial charge in [-0.25, -0.2) is 4.79 Å². The molecule has 5 nitrogen and oxygen atoms in total. The van der Waals surface area contributed by atoms with E-state index in [-0.39, 0.29) is 11.2 Å². The smallest absolute Gasteiger partial charge is 0.336 e. The fraction of sp³-hybridized carbons (Fsp3) is 0.357. The van der Waals surface area contributed by atoms with Gasteiger partial charge in [-0.2, -0.15) is 0 Å². The van der Waals surface area contributed by atoms with Crippen molar-refractivity contribution in [1.82, 2.24) is 5.32 Å². The third-order valence-electron chi connectivity index (χ3n) is 6.38. The number of esters is 1. The number of carbonyl (C=O) groups is 2. The van der Waals surface area contributed by atoms with Gasteiger partial charge in [0.1, 0.15) is 12.4 Å². The minimum Gasteiger partial charge on any atom is -0.489 e. The topological polar surface area (TPSA) is 64.6 Å². The van der Waals surface area contributed by atoms with Gasteiger partial charge in [-0.3, -0.25) is 4.79 Å². The number of ketones is 1. The number of benzene rings is 2. The molecule has 1 aliphatic carbocycles. The lowest BCUT2D eigenvalue weighted by molar-refractivity contribution is -0.136. The van der Waals surface area contributed by atoms with Gasteiger partial charge in [0, 0.05) is 29.3 Å². The number of aryl methyl sites for hydroxylation is 1. The van der Waals surface area contributed by atoms with Crippen molar-refractivity contribution in [2.45, 2.75) is 53.1 Å². The van der Waals surface area contributed by atoms with Gasteiger partial charge in [0.25, 0.3) is 0 Å². The van der Waals surface area contributed by atoms with Gasteiger partial charge in [0.15, 0.2) is 5.78 Å². The maximum atomic E-state index is 13.2. The SMILES string of the molecule is COC(=O)C1=C(C)NC2=C(C(=O)CC(C)(C)C2)[C@@H]1c1ccc(OCc2ccc(C)cc2)cc1. The van der Waals surface area contributed by atoms with Crippen molar-refractivity contribution in [2.75, 3.05) is 7.11 Å². The van der Waals surface area contributed by atoms with Gasteiger partial charge in [0.2, 0.25) is 0 Å². The zero-order valence-corrected chi connectivity index (χ0v) is 20.0. The number of dihydropyridines is 1. The van der Waals surface area contributed by atoms with Crippen molar-refractivity contribution in [3.05, 3.63) is 87.8 Å². The molecule has 1 N–H and O–H groups in total. The normalized spacial score (nSPS) is 19.7. The molecule has 2 aromatic carbocycles. The highest BCUT2D eigenvalue weighted by Crippen LogP contribution is 2.46. The maximum Gasteiger partial charge on any atom is 0.336 e. The monoisotopic (exact) mass is 445 g/mol. The van der Waals surface area contributed by atoms with E-state index < -0.39 is 11.9 Å². The van der Waals surface area contributed by atoms with Crippen molar-refractivity contribution >= 4 is 11.8 Å². The third kappa shape index (κ3) is 4.72. The zero-order valence-electron chi connectivity index (χ0n) is 20.0. The molecule has 0 saturated heterocycles. The van der Waals surface area contributed by atoms with Gasteiger partial charge >= 0.3 is 5.97 Å². The minimum absolute atomic E-state index is 0.0763. The Morgan fingerprint density at radius 2 is 1.70 bits per heavy atom. The molecule has 1 heterocycles. The number of hydrogen-bond acceptors (Lipinski definition) is 5. The van der Waals surface area contributed by atoms with Crippen LogP contribution in [-0.2, 0) is 20.9 Å². The van der Waals surface area contributed by atoms with Crippen LogP contribution >= 0.6 is 0 Å². The number of carbonyl (C=O) groups excluding carboxylic acids is 2. The maximum absolute atomic E-state index is 13.2. The quantitative estimate of drug-likeness (QED) is 0.629. The number of nitrogens with one attached hydrogen (secondary N) is 1. The van der Waals surface area contributed by atoms with E-state index >= 15 is 0 Å². The fourth-order valence-electron chi connectivity index (χ4n) is 4.76. The molecule has 0 amide bonds. The predicted octanol–water partition coefficient (Wildman–Crippen LogP) is 5.35. The molecule has 1 atom stereocenters. The molecule has 0 fully saturated rings. The number of methoxy groups -OCH3 is 1. The highest BCUT2D eigenvalue weighted by Gasteiger charge is 2.42. The summed E-state index contributed by atoms with van der Waals surface area (Å²) >= 11 is 0. The Morgan fingerprint density at radius 3 is 2.33 bits per heavy atom. The number of hydrogen-bond donors (Lipinski definition) is 1. The van der Waals surface area contributed by atoms with Crippen molar-refractivity contribution in [1.29, 1.82) is 0 Å². The van der Waals surface area contributed by atoms with Crippen molar-refractivity contribution < 1.29 is 19.1 Å². The molecule has 4 rings (SSSR count). The molecular weight excluding hydrogens is 414 g/mol. The molecule has 0 radical (unpaired) electrons. The summed E-state index contributed by atoms with van der Waals surface area (Å²) in [6.45, 7) is 8.60. The average Bonchev–Trinajstić information content (AvgIpc) is 2.77. The van der Waals surface area contributed by atoms with E-state index in [1.807, 2.05) is 31.2 Å². The second-order valence-corrected chi connectivity index (χ2v) is 9.76. The van der Waals surface area contributed by atoms with Crippen molar-refractivity contribution in [3.8, 4) is 5.75 Å². The van der Waals surface area contributed by atoms with Crippen LogP contribution in [0.4, 0.5) is 0 Å². The van der Waals surface area contributed by atoms with Crippen LogP contribution in [0.25, 0.3) is 0 Å². The van der Waals surface area contributed by atoms with Gasteiger partial charge < -0.3 is 14.8 Å². The third-order valence-corrected chi connectivity index (χ3v) is 6.38. The van der Waals surface area contributed by atoms with Crippen LogP contribution in [0.5, 0.6) is 5.75 Å². The molecule has 0 saturated carbocycles. The Balaban J connectivity index is 1.65. The zero-order chi connectivity index (χ0) is 23.8. The fourth-order valence-corrected chi connectivity index (χ4v) is 4.76. The summed E-state index contributed by atoms with van der Waals surface area (Å²) in [6.07, 6.45) is 1.21. The van der Waals surface area contributed by atoms with Gasteiger partial charge in [0.05, 0.1) is 12.7 Å². The number of ether oxygens (including phenoxy) is 2. The minimum atomic E-state index is -0.455. The highest BCUT2D eigenvalue weighted by atomic mass is 16.5. The lowest BCUT2D eigenvalue weighted by Gasteiger charge is -2.39. The number of allylic oxidation sites excluding steroid dienone is 3. The van der Waals surface area contributed by atoms with Crippen LogP contribution < -0.4 is 10.1 Å². The average molecular weight is 446 g/mol. The molecule has 5 heteroatoms. The van der Waals surface area contributed by atoms with Crippen LogP contribution in [0.15, 0.2) is 71.1 Å². The Labute approximate surface area is 195 Å². The molecule has 0 bridgehead atoms. The molecule has 0 spiro atoms. The first-order valence-electron chi connectivity index (χ1n) is 11.3. The Kier molecular flexibility index (Phi) is 6.15.